The van der Waals surface area contributed by atoms with Crippen LogP contribution in [0.4, 0.5) is 0 Å². The molecule has 0 bridgehead atoms. The largest absolute Gasteiger partial charge is 0.462 e. The molecule has 0 aliphatic carbocycles. The molecule has 5 nitrogen and oxygen atoms in total. The standard InChI is InChI=1S/C11H11N3O2S/c1-2-16-11(15)8-7-13-14(10(8)17)9-5-3-4-6-12-9/h3-7,13H,2H2,1H3. The number of aromatic amines is 1. The molecule has 17 heavy (non-hydrogen) atoms. The third kappa shape index (κ3) is 2.26. The van der Waals surface area contributed by atoms with Gasteiger partial charge in [-0.2, -0.15) is 0 Å². The van der Waals surface area contributed by atoms with E-state index >= 15 is 0 Å². The molecule has 0 atom stereocenters. The van der Waals surface area contributed by atoms with Crippen molar-refractivity contribution in [3.8, 4) is 5.82 Å². The second-order valence-corrected chi connectivity index (χ2v) is 3.62. The van der Waals surface area contributed by atoms with Crippen molar-refractivity contribution in [1.82, 2.24) is 14.8 Å². The van der Waals surface area contributed by atoms with E-state index in [0.29, 0.717) is 22.6 Å². The van der Waals surface area contributed by atoms with Crippen molar-refractivity contribution < 1.29 is 9.53 Å². The minimum atomic E-state index is -0.427. The van der Waals surface area contributed by atoms with Crippen LogP contribution >= 0.6 is 12.2 Å². The zero-order valence-corrected chi connectivity index (χ0v) is 10.0. The summed E-state index contributed by atoms with van der Waals surface area (Å²) < 4.78 is 6.82. The third-order valence-corrected chi connectivity index (χ3v) is 2.55. The highest BCUT2D eigenvalue weighted by Gasteiger charge is 2.13. The Morgan fingerprint density at radius 3 is 3.06 bits per heavy atom. The number of ether oxygens (including phenoxy) is 1. The summed E-state index contributed by atoms with van der Waals surface area (Å²) in [7, 11) is 0. The highest BCUT2D eigenvalue weighted by atomic mass is 32.1. The van der Waals surface area contributed by atoms with Gasteiger partial charge in [-0.25, -0.2) is 14.5 Å². The molecule has 0 aliphatic rings. The summed E-state index contributed by atoms with van der Waals surface area (Å²) in [5.41, 5.74) is 0.340. The Hall–Kier alpha value is -1.95. The van der Waals surface area contributed by atoms with Crippen molar-refractivity contribution in [2.45, 2.75) is 6.92 Å². The quantitative estimate of drug-likeness (QED) is 0.668. The molecule has 2 aromatic heterocycles. The third-order valence-electron chi connectivity index (χ3n) is 2.15. The summed E-state index contributed by atoms with van der Waals surface area (Å²) in [4.78, 5) is 15.7. The van der Waals surface area contributed by atoms with Crippen LogP contribution in [0.5, 0.6) is 0 Å². The lowest BCUT2D eigenvalue weighted by molar-refractivity contribution is 0.0525. The van der Waals surface area contributed by atoms with E-state index in [9.17, 15) is 4.79 Å². The van der Waals surface area contributed by atoms with Crippen LogP contribution in [0.25, 0.3) is 5.82 Å². The first kappa shape index (κ1) is 11.5. The number of hydrogen-bond donors (Lipinski definition) is 1. The Kier molecular flexibility index (Phi) is 3.34. The van der Waals surface area contributed by atoms with Crippen LogP contribution in [0.2, 0.25) is 0 Å². The minimum absolute atomic E-state index is 0.322. The molecule has 0 saturated carbocycles. The molecule has 1 N–H and O–H groups in total. The van der Waals surface area contributed by atoms with Gasteiger partial charge in [-0.1, -0.05) is 18.3 Å². The number of nitrogens with zero attached hydrogens (tertiary/aromatic N) is 2. The van der Waals surface area contributed by atoms with Gasteiger partial charge in [-0.15, -0.1) is 0 Å². The molecule has 0 saturated heterocycles. The first-order valence-corrected chi connectivity index (χ1v) is 5.54. The molecule has 6 heteroatoms. The molecule has 0 fully saturated rings. The Bertz CT molecular complexity index is 574. The lowest BCUT2D eigenvalue weighted by Gasteiger charge is -2.00. The highest BCUT2D eigenvalue weighted by molar-refractivity contribution is 7.71. The first-order chi connectivity index (χ1) is 8.24. The topological polar surface area (TPSA) is 59.9 Å². The van der Waals surface area contributed by atoms with Crippen molar-refractivity contribution in [3.05, 3.63) is 40.8 Å². The molecule has 2 rings (SSSR count). The van der Waals surface area contributed by atoms with Gasteiger partial charge < -0.3 is 4.74 Å². The molecule has 2 heterocycles. The Morgan fingerprint density at radius 1 is 1.59 bits per heavy atom. The van der Waals surface area contributed by atoms with Crippen molar-refractivity contribution in [2.75, 3.05) is 6.61 Å². The molecule has 0 amide bonds. The second-order valence-electron chi connectivity index (χ2n) is 3.24. The minimum Gasteiger partial charge on any atom is -0.462 e. The predicted molar refractivity (Wildman–Crippen MR) is 64.7 cm³/mol. The number of carbonyl (C=O) groups is 1. The fraction of sp³-hybridized carbons (Fsp3) is 0.182. The summed E-state index contributed by atoms with van der Waals surface area (Å²) in [6.07, 6.45) is 3.18. The van der Waals surface area contributed by atoms with Gasteiger partial charge in [-0.3, -0.25) is 5.10 Å². The maximum Gasteiger partial charge on any atom is 0.342 e. The van der Waals surface area contributed by atoms with E-state index in [1.54, 1.807) is 23.9 Å². The number of hydrogen-bond acceptors (Lipinski definition) is 4. The summed E-state index contributed by atoms with van der Waals surface area (Å²) >= 11 is 5.19. The number of esters is 1. The number of aromatic nitrogens is 3. The molecule has 0 aliphatic heterocycles. The monoisotopic (exact) mass is 249 g/mol. The maximum atomic E-state index is 11.6. The fourth-order valence-electron chi connectivity index (χ4n) is 1.38. The summed E-state index contributed by atoms with van der Waals surface area (Å²) in [6.45, 7) is 2.07. The zero-order chi connectivity index (χ0) is 12.3. The van der Waals surface area contributed by atoms with Crippen LogP contribution in [-0.4, -0.2) is 27.3 Å². The molecule has 2 aromatic rings. The van der Waals surface area contributed by atoms with Gasteiger partial charge in [0.05, 0.1) is 6.61 Å². The van der Waals surface area contributed by atoms with E-state index in [-0.39, 0.29) is 0 Å². The Morgan fingerprint density at radius 2 is 2.41 bits per heavy atom. The van der Waals surface area contributed by atoms with Gasteiger partial charge in [0.15, 0.2) is 5.82 Å². The van der Waals surface area contributed by atoms with Gasteiger partial charge in [-0.05, 0) is 19.1 Å². The number of rotatable bonds is 3. The molecule has 0 unspecified atom stereocenters. The van der Waals surface area contributed by atoms with E-state index in [0.717, 1.165) is 0 Å². The average Bonchev–Trinajstić information content (AvgIpc) is 2.72. The molecular weight excluding hydrogens is 238 g/mol. The van der Waals surface area contributed by atoms with Crippen molar-refractivity contribution in [2.24, 2.45) is 0 Å². The van der Waals surface area contributed by atoms with E-state index in [2.05, 4.69) is 10.1 Å². The lowest BCUT2D eigenvalue weighted by Crippen LogP contribution is -2.05. The lowest BCUT2D eigenvalue weighted by atomic mass is 10.4. The first-order valence-electron chi connectivity index (χ1n) is 5.13. The van der Waals surface area contributed by atoms with E-state index in [1.807, 2.05) is 12.1 Å². The number of nitrogens with one attached hydrogen (secondary N) is 1. The van der Waals surface area contributed by atoms with Gasteiger partial charge >= 0.3 is 5.97 Å². The van der Waals surface area contributed by atoms with Crippen LogP contribution < -0.4 is 0 Å². The van der Waals surface area contributed by atoms with Crippen LogP contribution in [0.3, 0.4) is 0 Å². The van der Waals surface area contributed by atoms with Crippen LogP contribution in [0.1, 0.15) is 17.3 Å². The van der Waals surface area contributed by atoms with Crippen molar-refractivity contribution in [3.63, 3.8) is 0 Å². The Labute approximate surface area is 103 Å². The normalized spacial score (nSPS) is 10.2. The second kappa shape index (κ2) is 4.92. The van der Waals surface area contributed by atoms with Crippen LogP contribution in [0, 0.1) is 4.64 Å². The summed E-state index contributed by atoms with van der Waals surface area (Å²) in [6, 6.07) is 5.44. The van der Waals surface area contributed by atoms with Gasteiger partial charge in [0, 0.05) is 12.4 Å². The number of carbonyl (C=O) groups excluding carboxylic acids is 1. The SMILES string of the molecule is CCOC(=O)c1c[nH]n(-c2ccccn2)c1=S. The smallest absolute Gasteiger partial charge is 0.342 e. The van der Waals surface area contributed by atoms with E-state index < -0.39 is 5.97 Å². The fourth-order valence-corrected chi connectivity index (χ4v) is 1.67. The zero-order valence-electron chi connectivity index (χ0n) is 9.21. The van der Waals surface area contributed by atoms with E-state index in [1.165, 1.54) is 6.20 Å². The number of H-pyrrole nitrogens is 1. The number of pyridine rings is 1. The van der Waals surface area contributed by atoms with Crippen LogP contribution in [0.15, 0.2) is 30.6 Å². The van der Waals surface area contributed by atoms with Gasteiger partial charge in [0.1, 0.15) is 10.2 Å². The van der Waals surface area contributed by atoms with Gasteiger partial charge in [0.2, 0.25) is 0 Å². The summed E-state index contributed by atoms with van der Waals surface area (Å²) in [5, 5.41) is 2.88. The summed E-state index contributed by atoms with van der Waals surface area (Å²) in [5.74, 6) is 0.205. The molecule has 88 valence electrons. The van der Waals surface area contributed by atoms with E-state index in [4.69, 9.17) is 17.0 Å². The predicted octanol–water partition coefficient (Wildman–Crippen LogP) is 2.11. The average molecular weight is 249 g/mol. The van der Waals surface area contributed by atoms with Crippen molar-refractivity contribution >= 4 is 18.2 Å². The van der Waals surface area contributed by atoms with Crippen LogP contribution in [-0.2, 0) is 4.74 Å². The Balaban J connectivity index is 2.40. The van der Waals surface area contributed by atoms with Crippen molar-refractivity contribution in [1.29, 1.82) is 0 Å². The molecule has 0 spiro atoms. The van der Waals surface area contributed by atoms with Gasteiger partial charge in [0.25, 0.3) is 0 Å². The maximum absolute atomic E-state index is 11.6. The molecular formula is C11H11N3O2S. The highest BCUT2D eigenvalue weighted by Crippen LogP contribution is 2.09. The molecule has 0 radical (unpaired) electrons. The molecule has 0 aromatic carbocycles.